The van der Waals surface area contributed by atoms with E-state index in [1.54, 1.807) is 0 Å². The van der Waals surface area contributed by atoms with Gasteiger partial charge in [0.05, 0.1) is 24.7 Å². The van der Waals surface area contributed by atoms with E-state index in [9.17, 15) is 9.90 Å². The van der Waals surface area contributed by atoms with Gasteiger partial charge in [0.2, 0.25) is 0 Å². The number of carbonyl (C=O) groups is 1. The van der Waals surface area contributed by atoms with Gasteiger partial charge in [0.1, 0.15) is 6.10 Å². The first-order valence-electron chi connectivity index (χ1n) is 9.70. The number of hydrogen-bond donors (Lipinski definition) is 2. The number of rotatable bonds is 5. The highest BCUT2D eigenvalue weighted by atomic mass is 16.6. The summed E-state index contributed by atoms with van der Waals surface area (Å²) < 4.78 is 11.7. The fraction of sp³-hybridized carbons (Fsp3) is 0.947. The largest absolute Gasteiger partial charge is 0.462 e. The van der Waals surface area contributed by atoms with Gasteiger partial charge >= 0.3 is 5.97 Å². The molecule has 4 fully saturated rings. The van der Waals surface area contributed by atoms with Crippen LogP contribution in [0, 0.1) is 23.2 Å². The van der Waals surface area contributed by atoms with E-state index in [-0.39, 0.29) is 41.7 Å². The Bertz CT molecular complexity index is 502. The van der Waals surface area contributed by atoms with E-state index in [0.29, 0.717) is 18.4 Å². The van der Waals surface area contributed by atoms with Gasteiger partial charge in [0.15, 0.2) is 0 Å². The summed E-state index contributed by atoms with van der Waals surface area (Å²) >= 11 is 0. The van der Waals surface area contributed by atoms with E-state index < -0.39 is 0 Å². The first kappa shape index (κ1) is 16.8. The molecule has 2 aliphatic heterocycles. The van der Waals surface area contributed by atoms with Crippen LogP contribution in [0.25, 0.3) is 0 Å². The number of fused-ring (bicyclic) bond motifs is 3. The first-order chi connectivity index (χ1) is 11.5. The van der Waals surface area contributed by atoms with Crippen LogP contribution in [-0.2, 0) is 14.3 Å². The molecule has 4 aliphatic rings. The zero-order valence-corrected chi connectivity index (χ0v) is 14.9. The Morgan fingerprint density at radius 3 is 2.88 bits per heavy atom. The molecule has 7 atom stereocenters. The Morgan fingerprint density at radius 1 is 1.42 bits per heavy atom. The highest BCUT2D eigenvalue weighted by Gasteiger charge is 2.64. The molecular formula is C19H31NO4. The number of ether oxygens (including phenoxy) is 2. The Balaban J connectivity index is 1.49. The normalized spacial score (nSPS) is 47.9. The Labute approximate surface area is 144 Å². The molecule has 5 heteroatoms. The van der Waals surface area contributed by atoms with E-state index in [1.165, 1.54) is 19.3 Å². The van der Waals surface area contributed by atoms with E-state index in [4.69, 9.17) is 9.47 Å². The molecule has 4 rings (SSSR count). The molecule has 1 spiro atoms. The second-order valence-corrected chi connectivity index (χ2v) is 8.80. The maximum atomic E-state index is 12.5. The molecule has 0 radical (unpaired) electrons. The third-order valence-corrected chi connectivity index (χ3v) is 7.42. The Kier molecular flexibility index (Phi) is 4.17. The van der Waals surface area contributed by atoms with Crippen LogP contribution in [0.5, 0.6) is 0 Å². The van der Waals surface area contributed by atoms with Gasteiger partial charge < -0.3 is 19.9 Å². The van der Waals surface area contributed by atoms with Crippen molar-refractivity contribution in [2.24, 2.45) is 23.2 Å². The minimum absolute atomic E-state index is 0.0432. The molecule has 0 amide bonds. The fourth-order valence-electron chi connectivity index (χ4n) is 5.82. The summed E-state index contributed by atoms with van der Waals surface area (Å²) in [6, 6.07) is 0.0681. The molecule has 2 heterocycles. The van der Waals surface area contributed by atoms with Crippen LogP contribution >= 0.6 is 0 Å². The molecule has 2 saturated carbocycles. The van der Waals surface area contributed by atoms with Gasteiger partial charge in [-0.05, 0) is 49.9 Å². The quantitative estimate of drug-likeness (QED) is 0.592. The van der Waals surface area contributed by atoms with Crippen molar-refractivity contribution in [2.45, 2.75) is 70.1 Å². The van der Waals surface area contributed by atoms with Crippen molar-refractivity contribution in [3.8, 4) is 0 Å². The van der Waals surface area contributed by atoms with Gasteiger partial charge in [0, 0.05) is 18.5 Å². The topological polar surface area (TPSA) is 71.1 Å². The molecule has 0 bridgehead atoms. The van der Waals surface area contributed by atoms with Crippen LogP contribution < -0.4 is 5.32 Å². The average molecular weight is 337 g/mol. The minimum Gasteiger partial charge on any atom is -0.462 e. The standard InChI is InChI=1S/C19H31NO4/c1-3-12(10-21)20-9-14-13-7-16-18(2,8-15(13)24-17(14)22)5-4-6-19(16)11-23-19/h12-16,20-21H,3-11H2,1-2H3/t12-,13-,14-,15-,16-,18-,19+/m1/s1. The van der Waals surface area contributed by atoms with Crippen molar-refractivity contribution in [1.29, 1.82) is 0 Å². The van der Waals surface area contributed by atoms with Crippen molar-refractivity contribution >= 4 is 5.97 Å². The number of aliphatic hydroxyl groups excluding tert-OH is 1. The summed E-state index contributed by atoms with van der Waals surface area (Å²) in [5.41, 5.74) is 0.369. The van der Waals surface area contributed by atoms with Crippen LogP contribution in [0.15, 0.2) is 0 Å². The van der Waals surface area contributed by atoms with Crippen molar-refractivity contribution in [2.75, 3.05) is 19.8 Å². The Hall–Kier alpha value is -0.650. The molecule has 2 aliphatic carbocycles. The first-order valence-corrected chi connectivity index (χ1v) is 9.70. The van der Waals surface area contributed by atoms with Crippen molar-refractivity contribution < 1.29 is 19.4 Å². The van der Waals surface area contributed by atoms with Crippen LogP contribution in [0.1, 0.15) is 52.4 Å². The predicted octanol–water partition coefficient (Wildman–Crippen LogP) is 1.87. The molecule has 24 heavy (non-hydrogen) atoms. The maximum Gasteiger partial charge on any atom is 0.310 e. The van der Waals surface area contributed by atoms with E-state index >= 15 is 0 Å². The van der Waals surface area contributed by atoms with Crippen LogP contribution in [0.2, 0.25) is 0 Å². The lowest BCUT2D eigenvalue weighted by Gasteiger charge is -2.51. The van der Waals surface area contributed by atoms with Crippen molar-refractivity contribution in [3.63, 3.8) is 0 Å². The van der Waals surface area contributed by atoms with Gasteiger partial charge in [-0.15, -0.1) is 0 Å². The van der Waals surface area contributed by atoms with Gasteiger partial charge in [-0.3, -0.25) is 4.79 Å². The summed E-state index contributed by atoms with van der Waals surface area (Å²) in [5.74, 6) is 0.756. The van der Waals surface area contributed by atoms with E-state index in [1.807, 2.05) is 6.92 Å². The summed E-state index contributed by atoms with van der Waals surface area (Å²) in [5, 5.41) is 12.7. The van der Waals surface area contributed by atoms with Gasteiger partial charge in [-0.25, -0.2) is 0 Å². The smallest absolute Gasteiger partial charge is 0.310 e. The molecule has 5 nitrogen and oxygen atoms in total. The van der Waals surface area contributed by atoms with Gasteiger partial charge in [0.25, 0.3) is 0 Å². The molecule has 0 aromatic rings. The summed E-state index contributed by atoms with van der Waals surface area (Å²) in [4.78, 5) is 12.5. The molecule has 2 saturated heterocycles. The lowest BCUT2D eigenvalue weighted by Crippen LogP contribution is -2.51. The summed E-state index contributed by atoms with van der Waals surface area (Å²) in [6.45, 7) is 6.08. The van der Waals surface area contributed by atoms with E-state index in [2.05, 4.69) is 12.2 Å². The number of hydrogen-bond acceptors (Lipinski definition) is 5. The van der Waals surface area contributed by atoms with Crippen molar-refractivity contribution in [3.05, 3.63) is 0 Å². The summed E-state index contributed by atoms with van der Waals surface area (Å²) in [7, 11) is 0. The third-order valence-electron chi connectivity index (χ3n) is 7.42. The minimum atomic E-state index is -0.0714. The fourth-order valence-corrected chi connectivity index (χ4v) is 5.82. The van der Waals surface area contributed by atoms with Crippen molar-refractivity contribution in [1.82, 2.24) is 5.32 Å². The monoisotopic (exact) mass is 337 g/mol. The predicted molar refractivity (Wildman–Crippen MR) is 89.4 cm³/mol. The summed E-state index contributed by atoms with van der Waals surface area (Å²) in [6.07, 6.45) is 6.64. The zero-order valence-electron chi connectivity index (χ0n) is 14.9. The van der Waals surface area contributed by atoms with Gasteiger partial charge in [-0.2, -0.15) is 0 Å². The third kappa shape index (κ3) is 2.60. The van der Waals surface area contributed by atoms with Crippen LogP contribution in [0.3, 0.4) is 0 Å². The number of carbonyl (C=O) groups excluding carboxylic acids is 1. The van der Waals surface area contributed by atoms with Crippen LogP contribution in [-0.4, -0.2) is 48.6 Å². The second kappa shape index (κ2) is 5.96. The molecule has 2 N–H and O–H groups in total. The lowest BCUT2D eigenvalue weighted by molar-refractivity contribution is -0.147. The highest BCUT2D eigenvalue weighted by Crippen LogP contribution is 2.62. The molecule has 0 aromatic heterocycles. The molecule has 0 aromatic carbocycles. The lowest BCUT2D eigenvalue weighted by atomic mass is 9.53. The number of epoxide rings is 1. The molecule has 136 valence electrons. The second-order valence-electron chi connectivity index (χ2n) is 8.80. The number of aliphatic hydroxyl groups is 1. The van der Waals surface area contributed by atoms with E-state index in [0.717, 1.165) is 25.9 Å². The van der Waals surface area contributed by atoms with Gasteiger partial charge in [-0.1, -0.05) is 13.8 Å². The highest BCUT2D eigenvalue weighted by molar-refractivity contribution is 5.75. The number of nitrogens with one attached hydrogen (secondary N) is 1. The Morgan fingerprint density at radius 2 is 2.21 bits per heavy atom. The number of esters is 1. The SMILES string of the molecule is CC[C@H](CO)NC[C@H]1C(=O)O[C@@H]2C[C@@]3(C)CCC[C@]4(CO4)[C@@H]3C[C@@H]21. The zero-order chi connectivity index (χ0) is 16.9. The molecule has 0 unspecified atom stereocenters. The average Bonchev–Trinajstić information content (AvgIpc) is 3.25. The van der Waals surface area contributed by atoms with Crippen LogP contribution in [0.4, 0.5) is 0 Å². The maximum absolute atomic E-state index is 12.5. The molecular weight excluding hydrogens is 306 g/mol.